The first-order valence-corrected chi connectivity index (χ1v) is 12.6. The number of rotatable bonds is 12. The molecule has 4 amide bonds. The molecule has 0 aromatic rings. The van der Waals surface area contributed by atoms with Gasteiger partial charge in [0, 0.05) is 6.54 Å². The van der Waals surface area contributed by atoms with Gasteiger partial charge in [-0.2, -0.15) is 0 Å². The van der Waals surface area contributed by atoms with Gasteiger partial charge in [0.25, 0.3) is 0 Å². The Kier molecular flexibility index (Phi) is 14.4. The Morgan fingerprint density at radius 3 is 2.15 bits per heavy atom. The molecular formula is C24H45N5O4. The summed E-state index contributed by atoms with van der Waals surface area (Å²) in [5, 5.41) is 11.0. The highest BCUT2D eigenvalue weighted by atomic mass is 16.2. The summed E-state index contributed by atoms with van der Waals surface area (Å²) >= 11 is 0. The van der Waals surface area contributed by atoms with Gasteiger partial charge in [-0.1, -0.05) is 59.3 Å². The molecule has 6 N–H and O–H groups in total. The molecule has 0 aromatic carbocycles. The van der Waals surface area contributed by atoms with Crippen molar-refractivity contribution in [3.63, 3.8) is 0 Å². The van der Waals surface area contributed by atoms with Gasteiger partial charge in [-0.15, -0.1) is 0 Å². The SMILES string of the molecule is CCCCCCCCC1CNC(=O)[C@H](C(C)C)NC(=O)[C@H](CCCCN)NC(=O)CNC1=O. The summed E-state index contributed by atoms with van der Waals surface area (Å²) in [4.78, 5) is 51.0. The van der Waals surface area contributed by atoms with E-state index >= 15 is 0 Å². The highest BCUT2D eigenvalue weighted by molar-refractivity contribution is 5.94. The molecule has 1 rings (SSSR count). The van der Waals surface area contributed by atoms with E-state index in [9.17, 15) is 19.2 Å². The molecule has 33 heavy (non-hydrogen) atoms. The summed E-state index contributed by atoms with van der Waals surface area (Å²) < 4.78 is 0. The number of unbranched alkanes of at least 4 members (excludes halogenated alkanes) is 6. The van der Waals surface area contributed by atoms with Gasteiger partial charge in [0.1, 0.15) is 12.1 Å². The van der Waals surface area contributed by atoms with Gasteiger partial charge < -0.3 is 27.0 Å². The molecule has 0 saturated carbocycles. The summed E-state index contributed by atoms with van der Waals surface area (Å²) in [6.07, 6.45) is 9.08. The summed E-state index contributed by atoms with van der Waals surface area (Å²) in [5.41, 5.74) is 5.55. The number of carbonyl (C=O) groups is 4. The lowest BCUT2D eigenvalue weighted by Gasteiger charge is -2.25. The summed E-state index contributed by atoms with van der Waals surface area (Å²) in [5.74, 6) is -1.95. The number of nitrogens with one attached hydrogen (secondary N) is 4. The van der Waals surface area contributed by atoms with Crippen LogP contribution in [0.1, 0.15) is 85.0 Å². The highest BCUT2D eigenvalue weighted by Gasteiger charge is 2.30. The molecule has 1 fully saturated rings. The van der Waals surface area contributed by atoms with Gasteiger partial charge >= 0.3 is 0 Å². The molecule has 0 aromatic heterocycles. The van der Waals surface area contributed by atoms with Crippen LogP contribution in [0, 0.1) is 11.8 Å². The van der Waals surface area contributed by atoms with Crippen molar-refractivity contribution in [3.8, 4) is 0 Å². The Morgan fingerprint density at radius 2 is 1.48 bits per heavy atom. The number of carbonyl (C=O) groups excluding carboxylic acids is 4. The quantitative estimate of drug-likeness (QED) is 0.275. The molecule has 0 bridgehead atoms. The first kappa shape index (κ1) is 28.9. The van der Waals surface area contributed by atoms with E-state index in [1.807, 2.05) is 13.8 Å². The highest BCUT2D eigenvalue weighted by Crippen LogP contribution is 2.13. The minimum Gasteiger partial charge on any atom is -0.354 e. The average molecular weight is 468 g/mol. The smallest absolute Gasteiger partial charge is 0.243 e. The van der Waals surface area contributed by atoms with Gasteiger partial charge in [-0.25, -0.2) is 0 Å². The van der Waals surface area contributed by atoms with Crippen LogP contribution in [0.5, 0.6) is 0 Å². The van der Waals surface area contributed by atoms with Gasteiger partial charge in [0.2, 0.25) is 23.6 Å². The first-order chi connectivity index (χ1) is 15.8. The second kappa shape index (κ2) is 16.5. The molecule has 3 atom stereocenters. The second-order valence-electron chi connectivity index (χ2n) is 9.35. The number of nitrogens with two attached hydrogens (primary N) is 1. The standard InChI is InChI=1S/C24H45N5O4/c1-4-5-6-7-8-9-12-18-15-26-24(33)21(17(2)3)29-23(32)19(13-10-11-14-25)28-20(30)16-27-22(18)31/h17-19,21H,4-16,25H2,1-3H3,(H,26,33)(H,27,31)(H,28,30)(H,29,32)/t18?,19-,21-/m0/s1. The zero-order valence-electron chi connectivity index (χ0n) is 20.7. The van der Waals surface area contributed by atoms with E-state index in [0.29, 0.717) is 25.8 Å². The molecule has 0 spiro atoms. The van der Waals surface area contributed by atoms with E-state index in [1.54, 1.807) is 0 Å². The third-order valence-corrected chi connectivity index (χ3v) is 6.07. The Hall–Kier alpha value is -2.16. The molecule has 1 unspecified atom stereocenters. The van der Waals surface area contributed by atoms with E-state index in [4.69, 9.17) is 5.73 Å². The van der Waals surface area contributed by atoms with Crippen molar-refractivity contribution in [2.75, 3.05) is 19.6 Å². The van der Waals surface area contributed by atoms with Gasteiger partial charge in [-0.3, -0.25) is 19.2 Å². The zero-order chi connectivity index (χ0) is 24.6. The molecule has 1 aliphatic rings. The lowest BCUT2D eigenvalue weighted by atomic mass is 9.98. The van der Waals surface area contributed by atoms with Crippen molar-refractivity contribution in [2.24, 2.45) is 17.6 Å². The van der Waals surface area contributed by atoms with Crippen LogP contribution in [0.3, 0.4) is 0 Å². The Bertz CT molecular complexity index is 626. The minimum absolute atomic E-state index is 0.148. The van der Waals surface area contributed by atoms with E-state index in [0.717, 1.165) is 25.7 Å². The summed E-state index contributed by atoms with van der Waals surface area (Å²) in [6, 6.07) is -1.53. The summed E-state index contributed by atoms with van der Waals surface area (Å²) in [7, 11) is 0. The fourth-order valence-electron chi connectivity index (χ4n) is 3.94. The normalized spacial score (nSPS) is 23.0. The third-order valence-electron chi connectivity index (χ3n) is 6.07. The Morgan fingerprint density at radius 1 is 0.818 bits per heavy atom. The van der Waals surface area contributed by atoms with Crippen LogP contribution in [0.2, 0.25) is 0 Å². The van der Waals surface area contributed by atoms with Crippen molar-refractivity contribution in [1.29, 1.82) is 0 Å². The van der Waals surface area contributed by atoms with Crippen molar-refractivity contribution < 1.29 is 19.2 Å². The second-order valence-corrected chi connectivity index (χ2v) is 9.35. The van der Waals surface area contributed by atoms with Gasteiger partial charge in [0.05, 0.1) is 12.5 Å². The maximum atomic E-state index is 12.9. The van der Waals surface area contributed by atoms with E-state index in [2.05, 4.69) is 28.2 Å². The third kappa shape index (κ3) is 11.5. The molecule has 0 radical (unpaired) electrons. The van der Waals surface area contributed by atoms with Gasteiger partial charge in [0.15, 0.2) is 0 Å². The summed E-state index contributed by atoms with van der Waals surface area (Å²) in [6.45, 7) is 6.35. The monoisotopic (exact) mass is 467 g/mol. The molecule has 9 nitrogen and oxygen atoms in total. The maximum absolute atomic E-state index is 12.9. The van der Waals surface area contributed by atoms with E-state index < -0.39 is 29.8 Å². The Labute approximate surface area is 198 Å². The molecule has 0 aliphatic carbocycles. The van der Waals surface area contributed by atoms with Crippen LogP contribution >= 0.6 is 0 Å². The predicted octanol–water partition coefficient (Wildman–Crippen LogP) is 1.35. The fourth-order valence-corrected chi connectivity index (χ4v) is 3.94. The number of amides is 4. The van der Waals surface area contributed by atoms with Crippen molar-refractivity contribution in [1.82, 2.24) is 21.3 Å². The molecule has 1 aliphatic heterocycles. The predicted molar refractivity (Wildman–Crippen MR) is 129 cm³/mol. The molecule has 9 heteroatoms. The largest absolute Gasteiger partial charge is 0.354 e. The molecule has 1 saturated heterocycles. The average Bonchev–Trinajstić information content (AvgIpc) is 2.78. The fraction of sp³-hybridized carbons (Fsp3) is 0.833. The Balaban J connectivity index is 2.89. The lowest BCUT2D eigenvalue weighted by Crippen LogP contribution is -2.56. The maximum Gasteiger partial charge on any atom is 0.243 e. The number of hydrogen-bond acceptors (Lipinski definition) is 5. The van der Waals surface area contributed by atoms with Crippen molar-refractivity contribution in [3.05, 3.63) is 0 Å². The van der Waals surface area contributed by atoms with E-state index in [1.165, 1.54) is 19.3 Å². The van der Waals surface area contributed by atoms with Crippen molar-refractivity contribution >= 4 is 23.6 Å². The van der Waals surface area contributed by atoms with E-state index in [-0.39, 0.29) is 30.8 Å². The van der Waals surface area contributed by atoms with Crippen LogP contribution in [-0.2, 0) is 19.2 Å². The van der Waals surface area contributed by atoms with Crippen LogP contribution in [0.4, 0.5) is 0 Å². The van der Waals surface area contributed by atoms with Crippen LogP contribution in [0.25, 0.3) is 0 Å². The first-order valence-electron chi connectivity index (χ1n) is 12.6. The number of hydrogen-bond donors (Lipinski definition) is 5. The molecular weight excluding hydrogens is 422 g/mol. The lowest BCUT2D eigenvalue weighted by molar-refractivity contribution is -0.132. The van der Waals surface area contributed by atoms with Crippen LogP contribution < -0.4 is 27.0 Å². The zero-order valence-corrected chi connectivity index (χ0v) is 20.7. The topological polar surface area (TPSA) is 142 Å². The van der Waals surface area contributed by atoms with Crippen LogP contribution in [0.15, 0.2) is 0 Å². The molecule has 190 valence electrons. The van der Waals surface area contributed by atoms with Gasteiger partial charge in [-0.05, 0) is 38.1 Å². The minimum atomic E-state index is -0.783. The molecule has 1 heterocycles. The van der Waals surface area contributed by atoms with Crippen LogP contribution in [-0.4, -0.2) is 55.3 Å². The van der Waals surface area contributed by atoms with Crippen molar-refractivity contribution in [2.45, 2.75) is 97.1 Å².